The molecule has 1 aromatic rings. The number of hydrogen-bond donors (Lipinski definition) is 2. The number of nitrogens with two attached hydrogens (primary N) is 1. The van der Waals surface area contributed by atoms with Crippen LogP contribution in [0.2, 0.25) is 0 Å². The summed E-state index contributed by atoms with van der Waals surface area (Å²) in [5.74, 6) is 1.10. The van der Waals surface area contributed by atoms with E-state index in [4.69, 9.17) is 5.73 Å². The van der Waals surface area contributed by atoms with Crippen LogP contribution in [-0.4, -0.2) is 22.5 Å². The molecule has 1 saturated carbocycles. The Bertz CT molecular complexity index is 455. The zero-order chi connectivity index (χ0) is 13.1. The van der Waals surface area contributed by atoms with Gasteiger partial charge in [-0.1, -0.05) is 6.42 Å². The molecular weight excluding hydrogens is 300 g/mol. The van der Waals surface area contributed by atoms with Gasteiger partial charge in [-0.3, -0.25) is 10.1 Å². The first-order valence-electron chi connectivity index (χ1n) is 5.88. The zero-order valence-corrected chi connectivity index (χ0v) is 11.4. The van der Waals surface area contributed by atoms with Gasteiger partial charge in [-0.15, -0.1) is 0 Å². The molecule has 18 heavy (non-hydrogen) atoms. The van der Waals surface area contributed by atoms with Gasteiger partial charge in [0, 0.05) is 12.1 Å². The van der Waals surface area contributed by atoms with E-state index in [1.807, 2.05) is 0 Å². The van der Waals surface area contributed by atoms with Crippen LogP contribution < -0.4 is 11.1 Å². The maximum absolute atomic E-state index is 10.6. The predicted molar refractivity (Wildman–Crippen MR) is 72.4 cm³/mol. The summed E-state index contributed by atoms with van der Waals surface area (Å²) in [6.45, 7) is 0.655. The number of pyridine rings is 1. The Morgan fingerprint density at radius 1 is 1.61 bits per heavy atom. The molecule has 2 unspecified atom stereocenters. The van der Waals surface area contributed by atoms with Crippen molar-refractivity contribution in [3.8, 4) is 0 Å². The van der Waals surface area contributed by atoms with Crippen LogP contribution in [0.5, 0.6) is 0 Å². The smallest absolute Gasteiger partial charge is 0.288 e. The van der Waals surface area contributed by atoms with E-state index in [1.54, 1.807) is 0 Å². The van der Waals surface area contributed by atoms with Crippen molar-refractivity contribution in [3.63, 3.8) is 0 Å². The lowest BCUT2D eigenvalue weighted by Gasteiger charge is -2.20. The van der Waals surface area contributed by atoms with E-state index in [1.165, 1.54) is 12.3 Å². The van der Waals surface area contributed by atoms with Gasteiger partial charge in [-0.05, 0) is 41.2 Å². The number of nitrogens with zero attached hydrogens (tertiary/aromatic N) is 2. The summed E-state index contributed by atoms with van der Waals surface area (Å²) in [7, 11) is 0. The second kappa shape index (κ2) is 5.62. The van der Waals surface area contributed by atoms with Gasteiger partial charge in [0.25, 0.3) is 5.69 Å². The number of halogens is 1. The van der Waals surface area contributed by atoms with Crippen molar-refractivity contribution >= 4 is 27.4 Å². The second-order valence-corrected chi connectivity index (χ2v) is 5.31. The highest BCUT2D eigenvalue weighted by molar-refractivity contribution is 9.10. The number of anilines is 1. The van der Waals surface area contributed by atoms with Gasteiger partial charge in [0.2, 0.25) is 0 Å². The third kappa shape index (κ3) is 2.78. The van der Waals surface area contributed by atoms with E-state index in [-0.39, 0.29) is 5.69 Å². The van der Waals surface area contributed by atoms with Crippen LogP contribution in [0.1, 0.15) is 19.3 Å². The number of nitro groups is 1. The predicted octanol–water partition coefficient (Wildman–Crippen LogP) is 2.29. The minimum absolute atomic E-state index is 0.0192. The molecule has 3 N–H and O–H groups in total. The highest BCUT2D eigenvalue weighted by Gasteiger charge is 2.26. The summed E-state index contributed by atoms with van der Waals surface area (Å²) in [6, 6.07) is 1.77. The average molecular weight is 315 g/mol. The fourth-order valence-electron chi connectivity index (χ4n) is 2.32. The monoisotopic (exact) mass is 314 g/mol. The van der Waals surface area contributed by atoms with E-state index in [2.05, 4.69) is 26.2 Å². The highest BCUT2D eigenvalue weighted by atomic mass is 79.9. The summed E-state index contributed by atoms with van der Waals surface area (Å²) < 4.78 is 0.611. The lowest BCUT2D eigenvalue weighted by molar-refractivity contribution is -0.385. The molecule has 1 aliphatic carbocycles. The molecule has 7 heteroatoms. The van der Waals surface area contributed by atoms with Crippen LogP contribution in [0, 0.1) is 16.0 Å². The minimum atomic E-state index is -0.459. The lowest BCUT2D eigenvalue weighted by atomic mass is 10.0. The lowest BCUT2D eigenvalue weighted by Crippen LogP contribution is -2.29. The van der Waals surface area contributed by atoms with Gasteiger partial charge in [-0.2, -0.15) is 0 Å². The molecule has 1 fully saturated rings. The van der Waals surface area contributed by atoms with Gasteiger partial charge in [0.15, 0.2) is 0 Å². The molecule has 0 spiro atoms. The number of aromatic nitrogens is 1. The second-order valence-electron chi connectivity index (χ2n) is 4.46. The quantitative estimate of drug-likeness (QED) is 0.657. The van der Waals surface area contributed by atoms with Gasteiger partial charge in [0.05, 0.1) is 9.40 Å². The topological polar surface area (TPSA) is 94.1 Å². The van der Waals surface area contributed by atoms with Crippen LogP contribution in [0.3, 0.4) is 0 Å². The molecule has 1 heterocycles. The minimum Gasteiger partial charge on any atom is -0.366 e. The van der Waals surface area contributed by atoms with E-state index in [9.17, 15) is 10.1 Å². The first-order valence-corrected chi connectivity index (χ1v) is 6.67. The summed E-state index contributed by atoms with van der Waals surface area (Å²) in [6.07, 6.45) is 4.61. The number of hydrogen-bond acceptors (Lipinski definition) is 5. The molecule has 2 atom stereocenters. The van der Waals surface area contributed by atoms with Crippen molar-refractivity contribution in [1.29, 1.82) is 0 Å². The molecule has 0 amide bonds. The molecular formula is C11H15BrN4O2. The molecule has 98 valence electrons. The van der Waals surface area contributed by atoms with E-state index in [0.29, 0.717) is 28.8 Å². The zero-order valence-electron chi connectivity index (χ0n) is 9.80. The van der Waals surface area contributed by atoms with Gasteiger partial charge < -0.3 is 11.1 Å². The summed E-state index contributed by atoms with van der Waals surface area (Å²) in [4.78, 5) is 14.2. The molecule has 0 bridgehead atoms. The Kier molecular flexibility index (Phi) is 4.13. The van der Waals surface area contributed by atoms with E-state index < -0.39 is 4.92 Å². The summed E-state index contributed by atoms with van der Waals surface area (Å²) in [5.41, 5.74) is 5.70. The van der Waals surface area contributed by atoms with Crippen LogP contribution in [0.4, 0.5) is 11.5 Å². The van der Waals surface area contributed by atoms with Crippen LogP contribution >= 0.6 is 15.9 Å². The largest absolute Gasteiger partial charge is 0.366 e. The molecule has 6 nitrogen and oxygen atoms in total. The van der Waals surface area contributed by atoms with E-state index >= 15 is 0 Å². The first kappa shape index (κ1) is 13.2. The fourth-order valence-corrected chi connectivity index (χ4v) is 2.77. The van der Waals surface area contributed by atoms with Crippen molar-refractivity contribution in [2.24, 2.45) is 11.7 Å². The Morgan fingerprint density at radius 3 is 3.00 bits per heavy atom. The van der Waals surface area contributed by atoms with Crippen molar-refractivity contribution in [2.45, 2.75) is 25.3 Å². The first-order chi connectivity index (χ1) is 8.61. The molecule has 0 saturated heterocycles. The fraction of sp³-hybridized carbons (Fsp3) is 0.545. The summed E-state index contributed by atoms with van der Waals surface area (Å²) >= 11 is 3.30. The maximum Gasteiger partial charge on any atom is 0.288 e. The SMILES string of the molecule is NCC1CCCC1Nc1ncc([N+](=O)[O-])cc1Br. The van der Waals surface area contributed by atoms with Gasteiger partial charge in [-0.25, -0.2) is 4.98 Å². The van der Waals surface area contributed by atoms with E-state index in [0.717, 1.165) is 19.3 Å². The maximum atomic E-state index is 10.6. The highest BCUT2D eigenvalue weighted by Crippen LogP contribution is 2.31. The molecule has 2 rings (SSSR count). The average Bonchev–Trinajstić information content (AvgIpc) is 2.78. The summed E-state index contributed by atoms with van der Waals surface area (Å²) in [5, 5.41) is 13.9. The van der Waals surface area contributed by atoms with Gasteiger partial charge in [0.1, 0.15) is 12.0 Å². The Labute approximate surface area is 113 Å². The molecule has 0 aromatic carbocycles. The molecule has 1 aromatic heterocycles. The molecule has 0 radical (unpaired) electrons. The van der Waals surface area contributed by atoms with Crippen LogP contribution in [0.25, 0.3) is 0 Å². The van der Waals surface area contributed by atoms with Crippen LogP contribution in [0.15, 0.2) is 16.7 Å². The van der Waals surface area contributed by atoms with Crippen LogP contribution in [-0.2, 0) is 0 Å². The standard InChI is InChI=1S/C11H15BrN4O2/c12-9-4-8(16(17)18)6-14-11(9)15-10-3-1-2-7(10)5-13/h4,6-7,10H,1-3,5,13H2,(H,14,15). The normalized spacial score (nSPS) is 23.0. The van der Waals surface area contributed by atoms with Crippen molar-refractivity contribution in [3.05, 3.63) is 26.9 Å². The number of rotatable bonds is 4. The third-order valence-electron chi connectivity index (χ3n) is 3.32. The molecule has 1 aliphatic rings. The van der Waals surface area contributed by atoms with Crippen molar-refractivity contribution in [1.82, 2.24) is 4.98 Å². The van der Waals surface area contributed by atoms with Gasteiger partial charge >= 0.3 is 0 Å². The van der Waals surface area contributed by atoms with Crippen molar-refractivity contribution < 1.29 is 4.92 Å². The Hall–Kier alpha value is -1.21. The third-order valence-corrected chi connectivity index (χ3v) is 3.93. The van der Waals surface area contributed by atoms with Crippen molar-refractivity contribution in [2.75, 3.05) is 11.9 Å². The number of nitrogens with one attached hydrogen (secondary N) is 1. The molecule has 0 aliphatic heterocycles. The Balaban J connectivity index is 2.12. The Morgan fingerprint density at radius 2 is 2.39 bits per heavy atom.